The molecular weight excluding hydrogens is 312 g/mol. The molecule has 0 aliphatic heterocycles. The van der Waals surface area contributed by atoms with E-state index in [-0.39, 0.29) is 9.90 Å². The van der Waals surface area contributed by atoms with Crippen molar-refractivity contribution in [2.45, 2.75) is 17.6 Å². The van der Waals surface area contributed by atoms with Crippen LogP contribution >= 0.6 is 11.3 Å². The van der Waals surface area contributed by atoms with Crippen molar-refractivity contribution < 1.29 is 17.9 Å². The fourth-order valence-electron chi connectivity index (χ4n) is 1.67. The van der Waals surface area contributed by atoms with Gasteiger partial charge >= 0.3 is 5.97 Å². The molecule has 1 aromatic carbocycles. The van der Waals surface area contributed by atoms with Crippen molar-refractivity contribution in [1.82, 2.24) is 4.98 Å². The van der Waals surface area contributed by atoms with E-state index >= 15 is 0 Å². The topological polar surface area (TPSA) is 85.4 Å². The predicted octanol–water partition coefficient (Wildman–Crippen LogP) is 2.29. The number of carbonyl (C=O) groups excluding carboxylic acids is 1. The number of benzene rings is 1. The Balaban J connectivity index is 2.30. The first-order valence-corrected chi connectivity index (χ1v) is 8.47. The summed E-state index contributed by atoms with van der Waals surface area (Å²) in [6.07, 6.45) is 0.869. The Morgan fingerprint density at radius 3 is 2.57 bits per heavy atom. The quantitative estimate of drug-likeness (QED) is 0.852. The summed E-state index contributed by atoms with van der Waals surface area (Å²) in [5.74, 6) is -0.780. The molecule has 112 valence electrons. The summed E-state index contributed by atoms with van der Waals surface area (Å²) in [6, 6.07) is 7.03. The van der Waals surface area contributed by atoms with Crippen molar-refractivity contribution in [3.8, 4) is 0 Å². The Labute approximate surface area is 126 Å². The number of thiazole rings is 1. The van der Waals surface area contributed by atoms with Gasteiger partial charge in [0.2, 0.25) is 0 Å². The lowest BCUT2D eigenvalue weighted by Crippen LogP contribution is -2.16. The second-order valence-electron chi connectivity index (χ2n) is 4.14. The van der Waals surface area contributed by atoms with Crippen LogP contribution in [-0.4, -0.2) is 26.5 Å². The molecule has 0 bridgehead atoms. The van der Waals surface area contributed by atoms with E-state index in [1.54, 1.807) is 12.1 Å². The van der Waals surface area contributed by atoms with Gasteiger partial charge in [-0.25, -0.2) is 18.2 Å². The van der Waals surface area contributed by atoms with E-state index in [0.717, 1.165) is 23.3 Å². The Morgan fingerprint density at radius 1 is 1.33 bits per heavy atom. The first kappa shape index (κ1) is 15.5. The number of aryl methyl sites for hydroxylation is 1. The molecule has 0 fully saturated rings. The predicted molar refractivity (Wildman–Crippen MR) is 80.1 cm³/mol. The normalized spacial score (nSPS) is 11.1. The van der Waals surface area contributed by atoms with Crippen LogP contribution in [0, 0.1) is 0 Å². The standard InChI is InChI=1S/C13H14N2O4S2/c1-3-9-4-6-10(7-5-9)15-21(17,18)13-11(12(16)19-2)14-8-20-13/h4-8,15H,3H2,1-2H3. The summed E-state index contributed by atoms with van der Waals surface area (Å²) >= 11 is 0.865. The highest BCUT2D eigenvalue weighted by atomic mass is 32.2. The lowest BCUT2D eigenvalue weighted by Gasteiger charge is -2.07. The minimum Gasteiger partial charge on any atom is -0.464 e. The number of hydrogen-bond donors (Lipinski definition) is 1. The number of sulfonamides is 1. The number of nitrogens with one attached hydrogen (secondary N) is 1. The zero-order valence-electron chi connectivity index (χ0n) is 11.5. The van der Waals surface area contributed by atoms with Crippen molar-refractivity contribution in [3.05, 3.63) is 41.0 Å². The fourth-order valence-corrected chi connectivity index (χ4v) is 3.86. The van der Waals surface area contributed by atoms with Crippen LogP contribution in [0.15, 0.2) is 34.0 Å². The van der Waals surface area contributed by atoms with Gasteiger partial charge in [0.25, 0.3) is 10.0 Å². The second kappa shape index (κ2) is 6.23. The first-order valence-electron chi connectivity index (χ1n) is 6.11. The number of hydrogen-bond acceptors (Lipinski definition) is 6. The molecule has 6 nitrogen and oxygen atoms in total. The summed E-state index contributed by atoms with van der Waals surface area (Å²) in [5, 5.41) is 0. The van der Waals surface area contributed by atoms with Crippen LogP contribution < -0.4 is 4.72 Å². The fraction of sp³-hybridized carbons (Fsp3) is 0.231. The molecule has 0 aliphatic rings. The maximum atomic E-state index is 12.3. The highest BCUT2D eigenvalue weighted by Crippen LogP contribution is 2.24. The summed E-state index contributed by atoms with van der Waals surface area (Å²) in [7, 11) is -2.69. The van der Waals surface area contributed by atoms with Crippen molar-refractivity contribution in [1.29, 1.82) is 0 Å². The van der Waals surface area contributed by atoms with Gasteiger partial charge in [0.1, 0.15) is 0 Å². The molecular formula is C13H14N2O4S2. The lowest BCUT2D eigenvalue weighted by molar-refractivity contribution is 0.0590. The number of ether oxygens (including phenoxy) is 1. The van der Waals surface area contributed by atoms with Gasteiger partial charge in [-0.2, -0.15) is 0 Å². The van der Waals surface area contributed by atoms with Crippen LogP contribution in [0.3, 0.4) is 0 Å². The molecule has 0 radical (unpaired) electrons. The van der Waals surface area contributed by atoms with Crippen molar-refractivity contribution in [2.24, 2.45) is 0 Å². The average molecular weight is 326 g/mol. The van der Waals surface area contributed by atoms with Gasteiger partial charge < -0.3 is 4.74 Å². The molecule has 0 spiro atoms. The Bertz CT molecular complexity index is 736. The van der Waals surface area contributed by atoms with Gasteiger partial charge in [0, 0.05) is 5.69 Å². The molecule has 1 N–H and O–H groups in total. The van der Waals surface area contributed by atoms with Crippen molar-refractivity contribution >= 4 is 33.0 Å². The van der Waals surface area contributed by atoms with Crippen LogP contribution in [0.2, 0.25) is 0 Å². The molecule has 21 heavy (non-hydrogen) atoms. The largest absolute Gasteiger partial charge is 0.464 e. The van der Waals surface area contributed by atoms with Crippen LogP contribution in [0.25, 0.3) is 0 Å². The zero-order valence-corrected chi connectivity index (χ0v) is 13.1. The highest BCUT2D eigenvalue weighted by molar-refractivity contribution is 7.94. The van der Waals surface area contributed by atoms with E-state index in [4.69, 9.17) is 0 Å². The Morgan fingerprint density at radius 2 is 2.00 bits per heavy atom. The van der Waals surface area contributed by atoms with Gasteiger partial charge in [0.15, 0.2) is 9.90 Å². The van der Waals surface area contributed by atoms with Crippen molar-refractivity contribution in [2.75, 3.05) is 11.8 Å². The van der Waals surface area contributed by atoms with Crippen LogP contribution in [-0.2, 0) is 21.2 Å². The summed E-state index contributed by atoms with van der Waals surface area (Å²) in [6.45, 7) is 2.01. The summed E-state index contributed by atoms with van der Waals surface area (Å²) < 4.78 is 31.4. The molecule has 0 aliphatic carbocycles. The molecule has 8 heteroatoms. The van der Waals surface area contributed by atoms with E-state index in [9.17, 15) is 13.2 Å². The number of carbonyl (C=O) groups is 1. The monoisotopic (exact) mass is 326 g/mol. The maximum absolute atomic E-state index is 12.3. The van der Waals surface area contributed by atoms with Crippen molar-refractivity contribution in [3.63, 3.8) is 0 Å². The molecule has 1 heterocycles. The zero-order chi connectivity index (χ0) is 15.5. The number of nitrogens with zero attached hydrogens (tertiary/aromatic N) is 1. The molecule has 0 unspecified atom stereocenters. The third-order valence-corrected chi connectivity index (χ3v) is 5.52. The molecule has 0 atom stereocenters. The number of esters is 1. The van der Waals surface area contributed by atoms with Gasteiger partial charge in [0.05, 0.1) is 12.6 Å². The van der Waals surface area contributed by atoms with E-state index < -0.39 is 16.0 Å². The third kappa shape index (κ3) is 3.40. The van der Waals surface area contributed by atoms with E-state index in [0.29, 0.717) is 5.69 Å². The number of anilines is 1. The smallest absolute Gasteiger partial charge is 0.358 e. The average Bonchev–Trinajstić information content (AvgIpc) is 2.97. The number of aromatic nitrogens is 1. The SMILES string of the molecule is CCc1ccc(NS(=O)(=O)c2scnc2C(=O)OC)cc1. The van der Waals surface area contributed by atoms with Crippen LogP contribution in [0.5, 0.6) is 0 Å². The number of rotatable bonds is 5. The Hall–Kier alpha value is -1.93. The second-order valence-corrected chi connectivity index (χ2v) is 6.87. The van der Waals surface area contributed by atoms with E-state index in [2.05, 4.69) is 14.4 Å². The summed E-state index contributed by atoms with van der Waals surface area (Å²) in [5.41, 5.74) is 2.61. The van der Waals surface area contributed by atoms with Gasteiger partial charge in [-0.15, -0.1) is 11.3 Å². The summed E-state index contributed by atoms with van der Waals surface area (Å²) in [4.78, 5) is 15.3. The lowest BCUT2D eigenvalue weighted by atomic mass is 10.2. The molecule has 2 rings (SSSR count). The van der Waals surface area contributed by atoms with E-state index in [1.807, 2.05) is 19.1 Å². The minimum absolute atomic E-state index is 0.158. The highest BCUT2D eigenvalue weighted by Gasteiger charge is 2.26. The molecule has 0 amide bonds. The molecule has 0 saturated carbocycles. The minimum atomic E-state index is -3.87. The first-order chi connectivity index (χ1) is 9.97. The van der Waals surface area contributed by atoms with Crippen LogP contribution in [0.1, 0.15) is 23.0 Å². The maximum Gasteiger partial charge on any atom is 0.358 e. The van der Waals surface area contributed by atoms with E-state index in [1.165, 1.54) is 12.6 Å². The number of methoxy groups -OCH3 is 1. The van der Waals surface area contributed by atoms with Gasteiger partial charge in [-0.1, -0.05) is 19.1 Å². The third-order valence-electron chi connectivity index (χ3n) is 2.77. The van der Waals surface area contributed by atoms with Gasteiger partial charge in [-0.05, 0) is 24.1 Å². The molecule has 1 aromatic heterocycles. The van der Waals surface area contributed by atoms with Crippen LogP contribution in [0.4, 0.5) is 5.69 Å². The molecule has 2 aromatic rings. The molecule has 0 saturated heterocycles. The Kier molecular flexibility index (Phi) is 4.59. The van der Waals surface area contributed by atoms with Gasteiger partial charge in [-0.3, -0.25) is 4.72 Å².